The average molecular weight is 218 g/mol. The van der Waals surface area contributed by atoms with Crippen LogP contribution in [0.3, 0.4) is 0 Å². The summed E-state index contributed by atoms with van der Waals surface area (Å²) in [5, 5.41) is 18.5. The van der Waals surface area contributed by atoms with Gasteiger partial charge in [0.1, 0.15) is 11.3 Å². The van der Waals surface area contributed by atoms with Gasteiger partial charge in [0, 0.05) is 6.42 Å². The molecule has 1 saturated carbocycles. The molecule has 2 heterocycles. The van der Waals surface area contributed by atoms with E-state index in [-0.39, 0.29) is 11.9 Å². The molecule has 2 fully saturated rings. The normalized spacial score (nSPS) is 52.9. The van der Waals surface area contributed by atoms with E-state index in [4.69, 9.17) is 15.2 Å². The van der Waals surface area contributed by atoms with Crippen molar-refractivity contribution in [3.8, 4) is 12.1 Å². The van der Waals surface area contributed by atoms with E-state index in [1.54, 1.807) is 0 Å². The average Bonchev–Trinajstić information content (AvgIpc) is 2.78. The lowest BCUT2D eigenvalue weighted by atomic mass is 9.94. The Morgan fingerprint density at radius 1 is 1.50 bits per heavy atom. The standard InChI is InChI=1S/C10H10N4O2/c1-6-2-15-10(16-6)9(5-12)3-8(9,4-11)7(13)14-10/h6H,2-3H2,1H3,(H2,13,14)/t6-,8-,9-,10+/m0/s1. The van der Waals surface area contributed by atoms with Crippen molar-refractivity contribution in [1.82, 2.24) is 0 Å². The molecule has 0 amide bonds. The van der Waals surface area contributed by atoms with Gasteiger partial charge in [0.2, 0.25) is 0 Å². The van der Waals surface area contributed by atoms with Crippen LogP contribution in [-0.2, 0) is 9.47 Å². The van der Waals surface area contributed by atoms with E-state index in [1.807, 2.05) is 6.92 Å². The van der Waals surface area contributed by atoms with Gasteiger partial charge in [-0.2, -0.15) is 10.5 Å². The molecule has 0 bridgehead atoms. The molecule has 3 aliphatic rings. The first-order valence-corrected chi connectivity index (χ1v) is 5.06. The number of nitrogens with zero attached hydrogens (tertiary/aromatic N) is 3. The lowest BCUT2D eigenvalue weighted by Crippen LogP contribution is -2.38. The number of rotatable bonds is 0. The Kier molecular flexibility index (Phi) is 1.42. The first kappa shape index (κ1) is 9.59. The van der Waals surface area contributed by atoms with Gasteiger partial charge in [-0.05, 0) is 6.92 Å². The predicted molar refractivity (Wildman–Crippen MR) is 51.6 cm³/mol. The molecule has 82 valence electrons. The molecule has 0 aromatic rings. The van der Waals surface area contributed by atoms with Gasteiger partial charge in [-0.25, -0.2) is 4.99 Å². The van der Waals surface area contributed by atoms with Crippen LogP contribution in [0.1, 0.15) is 13.3 Å². The summed E-state index contributed by atoms with van der Waals surface area (Å²) in [4.78, 5) is 4.09. The van der Waals surface area contributed by atoms with Crippen molar-refractivity contribution in [2.45, 2.75) is 25.4 Å². The van der Waals surface area contributed by atoms with Crippen molar-refractivity contribution in [1.29, 1.82) is 10.5 Å². The molecule has 2 N–H and O–H groups in total. The molecular formula is C10H10N4O2. The van der Waals surface area contributed by atoms with Crippen molar-refractivity contribution in [3.05, 3.63) is 0 Å². The Bertz CT molecular complexity index is 490. The molecule has 2 aliphatic heterocycles. The van der Waals surface area contributed by atoms with Gasteiger partial charge >= 0.3 is 0 Å². The largest absolute Gasteiger partial charge is 0.386 e. The van der Waals surface area contributed by atoms with Crippen molar-refractivity contribution >= 4 is 5.84 Å². The number of aliphatic imine (C=N–C) groups is 1. The minimum atomic E-state index is -1.35. The minimum absolute atomic E-state index is 0.142. The minimum Gasteiger partial charge on any atom is -0.386 e. The molecule has 16 heavy (non-hydrogen) atoms. The summed E-state index contributed by atoms with van der Waals surface area (Å²) in [5.74, 6) is -1.19. The summed E-state index contributed by atoms with van der Waals surface area (Å²) in [7, 11) is 0. The fourth-order valence-corrected chi connectivity index (χ4v) is 2.64. The summed E-state index contributed by atoms with van der Waals surface area (Å²) in [6.45, 7) is 2.20. The molecule has 4 atom stereocenters. The van der Waals surface area contributed by atoms with Gasteiger partial charge < -0.3 is 15.2 Å². The zero-order valence-corrected chi connectivity index (χ0v) is 8.73. The van der Waals surface area contributed by atoms with Crippen LogP contribution in [0.25, 0.3) is 0 Å². The van der Waals surface area contributed by atoms with E-state index in [9.17, 15) is 10.5 Å². The topological polar surface area (TPSA) is 104 Å². The van der Waals surface area contributed by atoms with Crippen molar-refractivity contribution in [2.24, 2.45) is 21.6 Å². The number of nitrogens with two attached hydrogens (primary N) is 1. The molecule has 1 aliphatic carbocycles. The van der Waals surface area contributed by atoms with E-state index >= 15 is 0 Å². The molecule has 0 radical (unpaired) electrons. The first-order chi connectivity index (χ1) is 7.56. The van der Waals surface area contributed by atoms with Gasteiger partial charge in [0.15, 0.2) is 5.41 Å². The maximum Gasteiger partial charge on any atom is 0.293 e. The van der Waals surface area contributed by atoms with Crippen molar-refractivity contribution < 1.29 is 9.47 Å². The van der Waals surface area contributed by atoms with Crippen LogP contribution in [0.2, 0.25) is 0 Å². The maximum absolute atomic E-state index is 9.30. The highest BCUT2D eigenvalue weighted by molar-refractivity contribution is 5.97. The van der Waals surface area contributed by atoms with E-state index in [1.165, 1.54) is 0 Å². The smallest absolute Gasteiger partial charge is 0.293 e. The number of amidine groups is 1. The monoisotopic (exact) mass is 218 g/mol. The highest BCUT2D eigenvalue weighted by Gasteiger charge is 2.87. The van der Waals surface area contributed by atoms with Crippen LogP contribution in [0.4, 0.5) is 0 Å². The number of hydrogen-bond donors (Lipinski definition) is 1. The van der Waals surface area contributed by atoms with Crippen molar-refractivity contribution in [3.63, 3.8) is 0 Å². The second-order valence-corrected chi connectivity index (χ2v) is 4.53. The molecule has 0 aromatic heterocycles. The van der Waals surface area contributed by atoms with Crippen LogP contribution < -0.4 is 5.73 Å². The Hall–Kier alpha value is -1.63. The molecule has 3 rings (SSSR count). The summed E-state index contributed by atoms with van der Waals surface area (Å²) < 4.78 is 11.1. The van der Waals surface area contributed by atoms with E-state index < -0.39 is 16.7 Å². The Morgan fingerprint density at radius 3 is 2.69 bits per heavy atom. The second kappa shape index (κ2) is 2.37. The third-order valence-electron chi connectivity index (χ3n) is 3.63. The van der Waals surface area contributed by atoms with Crippen molar-refractivity contribution in [2.75, 3.05) is 6.61 Å². The first-order valence-electron chi connectivity index (χ1n) is 5.06. The molecule has 0 unspecified atom stereocenters. The number of fused-ring (bicyclic) bond motifs is 2. The third kappa shape index (κ3) is 0.683. The fraction of sp³-hybridized carbons (Fsp3) is 0.700. The Balaban J connectivity index is 2.13. The van der Waals surface area contributed by atoms with Crippen LogP contribution >= 0.6 is 0 Å². The summed E-state index contributed by atoms with van der Waals surface area (Å²) in [6.07, 6.45) is 0.201. The predicted octanol–water partition coefficient (Wildman–Crippen LogP) is -0.130. The van der Waals surface area contributed by atoms with Gasteiger partial charge in [0.25, 0.3) is 5.91 Å². The Morgan fingerprint density at radius 2 is 2.25 bits per heavy atom. The SMILES string of the molecule is C[C@H]1CO[C@@]2(N=C(N)[C@@]3(C#N)C[C@@]23C#N)O1. The van der Waals surface area contributed by atoms with E-state index in [2.05, 4.69) is 17.1 Å². The van der Waals surface area contributed by atoms with Gasteiger partial charge in [-0.3, -0.25) is 0 Å². The highest BCUT2D eigenvalue weighted by atomic mass is 16.8. The maximum atomic E-state index is 9.30. The summed E-state index contributed by atoms with van der Waals surface area (Å²) >= 11 is 0. The molecule has 6 nitrogen and oxygen atoms in total. The third-order valence-corrected chi connectivity index (χ3v) is 3.63. The summed E-state index contributed by atoms with van der Waals surface area (Å²) in [6, 6.07) is 4.21. The quantitative estimate of drug-likeness (QED) is 0.609. The van der Waals surface area contributed by atoms with Gasteiger partial charge in [-0.1, -0.05) is 0 Å². The lowest BCUT2D eigenvalue weighted by Gasteiger charge is -2.24. The molecular weight excluding hydrogens is 208 g/mol. The van der Waals surface area contributed by atoms with Crippen LogP contribution in [-0.4, -0.2) is 24.5 Å². The molecule has 1 saturated heterocycles. The second-order valence-electron chi connectivity index (χ2n) is 4.53. The highest BCUT2D eigenvalue weighted by Crippen LogP contribution is 2.74. The van der Waals surface area contributed by atoms with Crippen LogP contribution in [0, 0.1) is 33.5 Å². The number of ether oxygens (including phenoxy) is 2. The fourth-order valence-electron chi connectivity index (χ4n) is 2.64. The van der Waals surface area contributed by atoms with E-state index in [0.29, 0.717) is 13.0 Å². The van der Waals surface area contributed by atoms with E-state index in [0.717, 1.165) is 0 Å². The molecule has 1 spiro atoms. The zero-order valence-electron chi connectivity index (χ0n) is 8.73. The van der Waals surface area contributed by atoms with Gasteiger partial charge in [0.05, 0.1) is 24.8 Å². The summed E-state index contributed by atoms with van der Waals surface area (Å²) in [5.41, 5.74) is 3.68. The Labute approximate surface area is 92.3 Å². The van der Waals surface area contributed by atoms with Crippen LogP contribution in [0.5, 0.6) is 0 Å². The molecule has 6 heteroatoms. The molecule has 0 aromatic carbocycles. The number of hydrogen-bond acceptors (Lipinski definition) is 6. The van der Waals surface area contributed by atoms with Crippen LogP contribution in [0.15, 0.2) is 4.99 Å². The van der Waals surface area contributed by atoms with Gasteiger partial charge in [-0.15, -0.1) is 0 Å². The zero-order chi connectivity index (χ0) is 11.6. The number of nitriles is 2. The lowest BCUT2D eigenvalue weighted by molar-refractivity contribution is -0.191.